The van der Waals surface area contributed by atoms with Gasteiger partial charge >= 0.3 is 0 Å². The molecule has 0 spiro atoms. The largest absolute Gasteiger partial charge is 0.496 e. The van der Waals surface area contributed by atoms with Gasteiger partial charge in [-0.2, -0.15) is 0 Å². The summed E-state index contributed by atoms with van der Waals surface area (Å²) in [5.41, 5.74) is 5.37. The number of hydrogen-bond acceptors (Lipinski definition) is 2. The number of fused-ring (bicyclic) bond motifs is 2. The molecular formula is C36H32O2P2. The molecule has 198 valence electrons. The fourth-order valence-electron chi connectivity index (χ4n) is 5.54. The van der Waals surface area contributed by atoms with E-state index in [2.05, 4.69) is 111 Å². The van der Waals surface area contributed by atoms with E-state index in [0.29, 0.717) is 17.2 Å². The Kier molecular flexibility index (Phi) is 7.57. The normalized spacial score (nSPS) is 11.8. The standard InChI is InChI=1S/C36H32O2P2/c1-23-9-5-15-33(39-27-17-19-29-25(21-27)11-7-13-31(29)37-3)35(23)36-24(2)10-6-16-34(36)40-28-18-20-30-26(22-28)12-8-14-32(30)38-4/h5-22,39-40H,1-4H3. The van der Waals surface area contributed by atoms with E-state index in [1.165, 1.54) is 54.2 Å². The highest BCUT2D eigenvalue weighted by molar-refractivity contribution is 7.56. The molecule has 0 aromatic heterocycles. The summed E-state index contributed by atoms with van der Waals surface area (Å²) >= 11 is 0. The van der Waals surface area contributed by atoms with Gasteiger partial charge in [-0.15, -0.1) is 0 Å². The first-order chi connectivity index (χ1) is 19.6. The molecule has 0 aliphatic heterocycles. The molecule has 2 atom stereocenters. The highest BCUT2D eigenvalue weighted by Crippen LogP contribution is 2.33. The van der Waals surface area contributed by atoms with Gasteiger partial charge in [0, 0.05) is 10.8 Å². The van der Waals surface area contributed by atoms with Gasteiger partial charge in [0.2, 0.25) is 0 Å². The van der Waals surface area contributed by atoms with Crippen LogP contribution in [0.15, 0.2) is 109 Å². The number of rotatable bonds is 7. The van der Waals surface area contributed by atoms with Crippen molar-refractivity contribution in [3.63, 3.8) is 0 Å². The minimum absolute atomic E-state index is 0.553. The van der Waals surface area contributed by atoms with E-state index in [-0.39, 0.29) is 0 Å². The predicted octanol–water partition coefficient (Wildman–Crippen LogP) is 7.55. The molecule has 0 fully saturated rings. The molecule has 2 unspecified atom stereocenters. The van der Waals surface area contributed by atoms with Gasteiger partial charge in [-0.3, -0.25) is 0 Å². The van der Waals surface area contributed by atoms with Crippen LogP contribution in [0.1, 0.15) is 11.1 Å². The molecule has 0 saturated carbocycles. The van der Waals surface area contributed by atoms with Crippen LogP contribution in [0, 0.1) is 13.8 Å². The van der Waals surface area contributed by atoms with Crippen LogP contribution in [0.2, 0.25) is 0 Å². The first-order valence-corrected chi connectivity index (χ1v) is 15.4. The molecule has 6 aromatic carbocycles. The van der Waals surface area contributed by atoms with Gasteiger partial charge in [0.05, 0.1) is 14.2 Å². The molecule has 2 nitrogen and oxygen atoms in total. The minimum atomic E-state index is 0.553. The van der Waals surface area contributed by atoms with E-state index in [9.17, 15) is 0 Å². The third kappa shape index (κ3) is 5.11. The van der Waals surface area contributed by atoms with E-state index in [4.69, 9.17) is 9.47 Å². The average molecular weight is 559 g/mol. The highest BCUT2D eigenvalue weighted by Gasteiger charge is 2.16. The lowest BCUT2D eigenvalue weighted by Gasteiger charge is -2.19. The Balaban J connectivity index is 1.41. The molecule has 0 aliphatic carbocycles. The van der Waals surface area contributed by atoms with Gasteiger partial charge in [-0.25, -0.2) is 0 Å². The smallest absolute Gasteiger partial charge is 0.126 e. The molecule has 0 amide bonds. The summed E-state index contributed by atoms with van der Waals surface area (Å²) in [6.45, 7) is 4.49. The summed E-state index contributed by atoms with van der Waals surface area (Å²) in [6, 6.07) is 39.5. The quantitative estimate of drug-likeness (QED) is 0.188. The Labute approximate surface area is 239 Å². The molecule has 0 radical (unpaired) electrons. The summed E-state index contributed by atoms with van der Waals surface area (Å²) in [6.07, 6.45) is 0. The van der Waals surface area contributed by atoms with Crippen molar-refractivity contribution in [1.29, 1.82) is 0 Å². The molecule has 0 heterocycles. The van der Waals surface area contributed by atoms with Crippen LogP contribution in [-0.4, -0.2) is 14.2 Å². The van der Waals surface area contributed by atoms with Crippen molar-refractivity contribution < 1.29 is 9.47 Å². The summed E-state index contributed by atoms with van der Waals surface area (Å²) in [4.78, 5) is 0. The SMILES string of the molecule is COc1cccc2cc(Pc3cccc(C)c3-c3c(C)cccc3Pc3ccc4c(OC)cccc4c3)ccc12. The average Bonchev–Trinajstić information content (AvgIpc) is 2.97. The van der Waals surface area contributed by atoms with E-state index in [1.807, 2.05) is 12.1 Å². The van der Waals surface area contributed by atoms with Crippen molar-refractivity contribution in [2.75, 3.05) is 14.2 Å². The number of methoxy groups -OCH3 is 2. The van der Waals surface area contributed by atoms with Crippen molar-refractivity contribution in [2.45, 2.75) is 13.8 Å². The van der Waals surface area contributed by atoms with Gasteiger partial charge in [0.1, 0.15) is 11.5 Å². The Morgan fingerprint density at radius 1 is 0.475 bits per heavy atom. The number of aryl methyl sites for hydroxylation is 2. The molecule has 0 aliphatic rings. The Morgan fingerprint density at radius 2 is 0.900 bits per heavy atom. The predicted molar refractivity (Wildman–Crippen MR) is 178 cm³/mol. The molecule has 0 bridgehead atoms. The van der Waals surface area contributed by atoms with Crippen LogP contribution >= 0.6 is 17.2 Å². The lowest BCUT2D eigenvalue weighted by atomic mass is 9.96. The maximum absolute atomic E-state index is 5.59. The molecular weight excluding hydrogens is 526 g/mol. The minimum Gasteiger partial charge on any atom is -0.496 e. The second-order valence-electron chi connectivity index (χ2n) is 10.0. The third-order valence-electron chi connectivity index (χ3n) is 7.47. The van der Waals surface area contributed by atoms with Crippen molar-refractivity contribution in [3.05, 3.63) is 120 Å². The van der Waals surface area contributed by atoms with Crippen molar-refractivity contribution >= 4 is 59.9 Å². The van der Waals surface area contributed by atoms with Crippen LogP contribution in [0.3, 0.4) is 0 Å². The van der Waals surface area contributed by atoms with Crippen molar-refractivity contribution in [1.82, 2.24) is 0 Å². The lowest BCUT2D eigenvalue weighted by molar-refractivity contribution is 0.419. The second kappa shape index (κ2) is 11.4. The molecule has 40 heavy (non-hydrogen) atoms. The zero-order valence-electron chi connectivity index (χ0n) is 23.2. The zero-order valence-corrected chi connectivity index (χ0v) is 25.2. The molecule has 0 saturated heterocycles. The second-order valence-corrected chi connectivity index (χ2v) is 12.8. The summed E-state index contributed by atoms with van der Waals surface area (Å²) in [5, 5.41) is 10.1. The van der Waals surface area contributed by atoms with Crippen LogP contribution in [0.5, 0.6) is 11.5 Å². The van der Waals surface area contributed by atoms with Gasteiger partial charge < -0.3 is 9.47 Å². The zero-order chi connectivity index (χ0) is 27.6. The summed E-state index contributed by atoms with van der Waals surface area (Å²) in [7, 11) is 4.57. The van der Waals surface area contributed by atoms with E-state index in [1.54, 1.807) is 14.2 Å². The number of benzene rings is 6. The maximum Gasteiger partial charge on any atom is 0.126 e. The molecule has 4 heteroatoms. The molecule has 6 rings (SSSR count). The van der Waals surface area contributed by atoms with E-state index >= 15 is 0 Å². The molecule has 0 N–H and O–H groups in total. The van der Waals surface area contributed by atoms with Gasteiger partial charge in [0.15, 0.2) is 0 Å². The van der Waals surface area contributed by atoms with Gasteiger partial charge in [-0.05, 0) is 92.4 Å². The van der Waals surface area contributed by atoms with E-state index < -0.39 is 0 Å². The Hall–Kier alpha value is -3.70. The van der Waals surface area contributed by atoms with Crippen LogP contribution in [0.4, 0.5) is 0 Å². The van der Waals surface area contributed by atoms with Crippen LogP contribution in [-0.2, 0) is 0 Å². The van der Waals surface area contributed by atoms with Crippen molar-refractivity contribution in [3.8, 4) is 22.6 Å². The first-order valence-electron chi connectivity index (χ1n) is 13.4. The van der Waals surface area contributed by atoms with Crippen LogP contribution < -0.4 is 30.7 Å². The topological polar surface area (TPSA) is 18.5 Å². The number of ether oxygens (including phenoxy) is 2. The Morgan fingerprint density at radius 3 is 1.32 bits per heavy atom. The Bertz CT molecular complexity index is 1720. The van der Waals surface area contributed by atoms with E-state index in [0.717, 1.165) is 22.3 Å². The number of hydrogen-bond donors (Lipinski definition) is 0. The first kappa shape index (κ1) is 26.5. The van der Waals surface area contributed by atoms with Crippen molar-refractivity contribution in [2.24, 2.45) is 0 Å². The lowest BCUT2D eigenvalue weighted by Crippen LogP contribution is -2.15. The fourth-order valence-corrected chi connectivity index (χ4v) is 8.20. The highest BCUT2D eigenvalue weighted by atomic mass is 31.1. The monoisotopic (exact) mass is 558 g/mol. The summed E-state index contributed by atoms with van der Waals surface area (Å²) < 4.78 is 11.2. The van der Waals surface area contributed by atoms with Crippen LogP contribution in [0.25, 0.3) is 32.7 Å². The molecule has 6 aromatic rings. The third-order valence-corrected chi connectivity index (χ3v) is 10.0. The fraction of sp³-hybridized carbons (Fsp3) is 0.111. The summed E-state index contributed by atoms with van der Waals surface area (Å²) in [5.74, 6) is 1.84. The maximum atomic E-state index is 5.59. The van der Waals surface area contributed by atoms with Gasteiger partial charge in [-0.1, -0.05) is 102 Å². The van der Waals surface area contributed by atoms with Gasteiger partial charge in [0.25, 0.3) is 0 Å².